The van der Waals surface area contributed by atoms with Crippen LogP contribution in [0.4, 0.5) is 26.3 Å². The number of benzene rings is 2. The van der Waals surface area contributed by atoms with E-state index in [2.05, 4.69) is 0 Å². The molecule has 2 aromatic carbocycles. The first-order chi connectivity index (χ1) is 10.2. The van der Waals surface area contributed by atoms with Gasteiger partial charge in [-0.05, 0) is 35.9 Å². The summed E-state index contributed by atoms with van der Waals surface area (Å²) in [5.41, 5.74) is -2.59. The van der Waals surface area contributed by atoms with Crippen molar-refractivity contribution in [3.05, 3.63) is 65.2 Å². The summed E-state index contributed by atoms with van der Waals surface area (Å²) >= 11 is 1.18. The number of rotatable bonds is 3. The molecule has 0 spiro atoms. The molecule has 0 N–H and O–H groups in total. The van der Waals surface area contributed by atoms with Gasteiger partial charge in [0.15, 0.2) is 0 Å². The van der Waals surface area contributed by atoms with E-state index in [1.165, 1.54) is 11.8 Å². The van der Waals surface area contributed by atoms with Crippen LogP contribution >= 0.6 is 11.8 Å². The van der Waals surface area contributed by atoms with Crippen molar-refractivity contribution in [3.8, 4) is 0 Å². The van der Waals surface area contributed by atoms with E-state index in [4.69, 9.17) is 0 Å². The number of halogens is 6. The molecule has 0 aliphatic rings. The molecular formula is C15H10F6S. The summed E-state index contributed by atoms with van der Waals surface area (Å²) in [5, 5.41) is 0. The summed E-state index contributed by atoms with van der Waals surface area (Å²) in [6.07, 6.45) is -9.62. The molecule has 118 valence electrons. The van der Waals surface area contributed by atoms with E-state index in [9.17, 15) is 26.3 Å². The van der Waals surface area contributed by atoms with Gasteiger partial charge in [-0.3, -0.25) is 0 Å². The monoisotopic (exact) mass is 336 g/mol. The van der Waals surface area contributed by atoms with Gasteiger partial charge < -0.3 is 0 Å². The maximum Gasteiger partial charge on any atom is 0.416 e. The quantitative estimate of drug-likeness (QED) is 0.488. The van der Waals surface area contributed by atoms with Gasteiger partial charge in [0.2, 0.25) is 0 Å². The molecule has 0 unspecified atom stereocenters. The molecule has 0 aliphatic carbocycles. The SMILES string of the molecule is FC(F)(F)c1cc(CSc2ccccc2)cc(C(F)(F)F)c1. The molecular weight excluding hydrogens is 326 g/mol. The van der Waals surface area contributed by atoms with Crippen LogP contribution in [0.1, 0.15) is 16.7 Å². The summed E-state index contributed by atoms with van der Waals surface area (Å²) in [6, 6.07) is 10.4. The molecule has 7 heteroatoms. The largest absolute Gasteiger partial charge is 0.416 e. The molecule has 2 rings (SSSR count). The molecule has 0 nitrogen and oxygen atoms in total. The normalized spacial score (nSPS) is 12.5. The van der Waals surface area contributed by atoms with Crippen LogP contribution in [0.3, 0.4) is 0 Å². The lowest BCUT2D eigenvalue weighted by molar-refractivity contribution is -0.143. The molecule has 0 fully saturated rings. The van der Waals surface area contributed by atoms with E-state index in [0.29, 0.717) is 0 Å². The van der Waals surface area contributed by atoms with E-state index in [0.717, 1.165) is 17.0 Å². The van der Waals surface area contributed by atoms with Gasteiger partial charge in [-0.15, -0.1) is 11.8 Å². The minimum atomic E-state index is -4.81. The van der Waals surface area contributed by atoms with Gasteiger partial charge in [-0.1, -0.05) is 18.2 Å². The van der Waals surface area contributed by atoms with Gasteiger partial charge in [0, 0.05) is 10.6 Å². The third-order valence-electron chi connectivity index (χ3n) is 2.80. The highest BCUT2D eigenvalue weighted by molar-refractivity contribution is 7.98. The second-order valence-electron chi connectivity index (χ2n) is 4.52. The lowest BCUT2D eigenvalue weighted by Gasteiger charge is -2.14. The van der Waals surface area contributed by atoms with Crippen LogP contribution in [0.2, 0.25) is 0 Å². The first-order valence-corrected chi connectivity index (χ1v) is 7.11. The van der Waals surface area contributed by atoms with Crippen molar-refractivity contribution in [2.45, 2.75) is 23.0 Å². The smallest absolute Gasteiger partial charge is 0.166 e. The Kier molecular flexibility index (Phi) is 4.75. The van der Waals surface area contributed by atoms with Crippen LogP contribution in [0.5, 0.6) is 0 Å². The number of hydrogen-bond donors (Lipinski definition) is 0. The first-order valence-electron chi connectivity index (χ1n) is 6.12. The van der Waals surface area contributed by atoms with Crippen LogP contribution < -0.4 is 0 Å². The molecule has 0 radical (unpaired) electrons. The minimum Gasteiger partial charge on any atom is -0.166 e. The molecule has 0 bridgehead atoms. The van der Waals surface area contributed by atoms with Gasteiger partial charge in [0.1, 0.15) is 0 Å². The van der Waals surface area contributed by atoms with E-state index in [1.54, 1.807) is 30.3 Å². The Morgan fingerprint density at radius 1 is 0.727 bits per heavy atom. The summed E-state index contributed by atoms with van der Waals surface area (Å²) in [6.45, 7) is 0. The van der Waals surface area contributed by atoms with E-state index >= 15 is 0 Å². The molecule has 0 saturated carbocycles. The van der Waals surface area contributed by atoms with Crippen molar-refractivity contribution >= 4 is 11.8 Å². The second kappa shape index (κ2) is 6.24. The zero-order chi connectivity index (χ0) is 16.4. The predicted molar refractivity (Wildman–Crippen MR) is 72.4 cm³/mol. The Bertz CT molecular complexity index is 598. The van der Waals surface area contributed by atoms with Crippen LogP contribution in [0.25, 0.3) is 0 Å². The second-order valence-corrected chi connectivity index (χ2v) is 5.56. The summed E-state index contributed by atoms with van der Waals surface area (Å²) < 4.78 is 76.4. The number of thioether (sulfide) groups is 1. The zero-order valence-electron chi connectivity index (χ0n) is 11.0. The van der Waals surface area contributed by atoms with E-state index in [1.807, 2.05) is 0 Å². The average Bonchev–Trinajstić information content (AvgIpc) is 2.44. The van der Waals surface area contributed by atoms with Crippen molar-refractivity contribution in [3.63, 3.8) is 0 Å². The van der Waals surface area contributed by atoms with Crippen LogP contribution in [0, 0.1) is 0 Å². The lowest BCUT2D eigenvalue weighted by atomic mass is 10.1. The average molecular weight is 336 g/mol. The topological polar surface area (TPSA) is 0 Å². The van der Waals surface area contributed by atoms with Crippen molar-refractivity contribution in [1.29, 1.82) is 0 Å². The van der Waals surface area contributed by atoms with Gasteiger partial charge in [0.25, 0.3) is 0 Å². The molecule has 0 amide bonds. The Labute approximate surface area is 127 Å². The van der Waals surface area contributed by atoms with Gasteiger partial charge in [0.05, 0.1) is 11.1 Å². The summed E-state index contributed by atoms with van der Waals surface area (Å²) in [4.78, 5) is 0.772. The van der Waals surface area contributed by atoms with Crippen LogP contribution in [-0.4, -0.2) is 0 Å². The standard InChI is InChI=1S/C15H10F6S/c16-14(17,18)11-6-10(7-12(8-11)15(19,20)21)9-22-13-4-2-1-3-5-13/h1-8H,9H2. The predicted octanol–water partition coefficient (Wildman–Crippen LogP) is 6.02. The molecule has 22 heavy (non-hydrogen) atoms. The van der Waals surface area contributed by atoms with Crippen molar-refractivity contribution in [2.24, 2.45) is 0 Å². The summed E-state index contributed by atoms with van der Waals surface area (Å²) in [5.74, 6) is 0.0248. The van der Waals surface area contributed by atoms with E-state index < -0.39 is 23.5 Å². The maximum atomic E-state index is 12.7. The third kappa shape index (κ3) is 4.43. The molecule has 2 aromatic rings. The fourth-order valence-electron chi connectivity index (χ4n) is 1.79. The Morgan fingerprint density at radius 2 is 1.23 bits per heavy atom. The number of alkyl halides is 6. The Morgan fingerprint density at radius 3 is 1.68 bits per heavy atom. The van der Waals surface area contributed by atoms with Crippen LogP contribution in [0.15, 0.2) is 53.4 Å². The van der Waals surface area contributed by atoms with Crippen molar-refractivity contribution < 1.29 is 26.3 Å². The van der Waals surface area contributed by atoms with Crippen molar-refractivity contribution in [1.82, 2.24) is 0 Å². The highest BCUT2D eigenvalue weighted by Gasteiger charge is 2.36. The van der Waals surface area contributed by atoms with Gasteiger partial charge in [-0.2, -0.15) is 26.3 Å². The molecule has 0 saturated heterocycles. The molecule has 0 heterocycles. The van der Waals surface area contributed by atoms with Crippen LogP contribution in [-0.2, 0) is 18.1 Å². The molecule has 0 aliphatic heterocycles. The molecule has 0 atom stereocenters. The Balaban J connectivity index is 2.30. The fraction of sp³-hybridized carbons (Fsp3) is 0.200. The van der Waals surface area contributed by atoms with Gasteiger partial charge >= 0.3 is 12.4 Å². The highest BCUT2D eigenvalue weighted by atomic mass is 32.2. The Hall–Kier alpha value is -1.63. The zero-order valence-corrected chi connectivity index (χ0v) is 11.8. The lowest BCUT2D eigenvalue weighted by Crippen LogP contribution is -2.11. The first kappa shape index (κ1) is 16.7. The van der Waals surface area contributed by atoms with Gasteiger partial charge in [-0.25, -0.2) is 0 Å². The third-order valence-corrected chi connectivity index (χ3v) is 3.88. The van der Waals surface area contributed by atoms with Crippen molar-refractivity contribution in [2.75, 3.05) is 0 Å². The van der Waals surface area contributed by atoms with E-state index in [-0.39, 0.29) is 17.4 Å². The highest BCUT2D eigenvalue weighted by Crippen LogP contribution is 2.37. The summed E-state index contributed by atoms with van der Waals surface area (Å²) in [7, 11) is 0. The molecule has 0 aromatic heterocycles. The minimum absolute atomic E-state index is 0.0176. The fourth-order valence-corrected chi connectivity index (χ4v) is 2.64. The maximum absolute atomic E-state index is 12.7. The number of hydrogen-bond acceptors (Lipinski definition) is 1.